The zero-order valence-electron chi connectivity index (χ0n) is 10.3. The van der Waals surface area contributed by atoms with E-state index >= 15 is 0 Å². The third kappa shape index (κ3) is 3.45. The van der Waals surface area contributed by atoms with Gasteiger partial charge in [-0.1, -0.05) is 17.4 Å². The van der Waals surface area contributed by atoms with Crippen LogP contribution in [0.2, 0.25) is 0 Å². The van der Waals surface area contributed by atoms with E-state index in [9.17, 15) is 18.3 Å². The van der Waals surface area contributed by atoms with Crippen molar-refractivity contribution in [2.75, 3.05) is 10.0 Å². The van der Waals surface area contributed by atoms with Gasteiger partial charge in [-0.2, -0.15) is 0 Å². The first kappa shape index (κ1) is 14.3. The second-order valence-corrected chi connectivity index (χ2v) is 6.76. The molecule has 1 amide bonds. The van der Waals surface area contributed by atoms with Gasteiger partial charge in [-0.05, 0) is 12.1 Å². The van der Waals surface area contributed by atoms with Crippen molar-refractivity contribution in [3.05, 3.63) is 30.5 Å². The summed E-state index contributed by atoms with van der Waals surface area (Å²) in [5.74, 6) is -0.377. The van der Waals surface area contributed by atoms with E-state index in [0.717, 1.165) is 17.5 Å². The Morgan fingerprint density at radius 2 is 2.15 bits per heavy atom. The third-order valence-corrected chi connectivity index (χ3v) is 4.89. The number of sulfonamides is 1. The number of hydrogen-bond acceptors (Lipinski definition) is 6. The fourth-order valence-electron chi connectivity index (χ4n) is 1.37. The average Bonchev–Trinajstić information content (AvgIpc) is 2.76. The van der Waals surface area contributed by atoms with Crippen molar-refractivity contribution >= 4 is 38.1 Å². The van der Waals surface area contributed by atoms with Gasteiger partial charge in [-0.3, -0.25) is 9.52 Å². The summed E-state index contributed by atoms with van der Waals surface area (Å²) in [6.45, 7) is 1.31. The quantitative estimate of drug-likeness (QED) is 0.794. The summed E-state index contributed by atoms with van der Waals surface area (Å²) < 4.78 is 26.4. The van der Waals surface area contributed by atoms with E-state index in [1.54, 1.807) is 0 Å². The number of amides is 1. The lowest BCUT2D eigenvalue weighted by Crippen LogP contribution is -2.11. The molecule has 1 aromatic carbocycles. The summed E-state index contributed by atoms with van der Waals surface area (Å²) >= 11 is 0.836. The minimum atomic E-state index is -3.80. The molecule has 0 spiro atoms. The molecule has 0 fully saturated rings. The molecule has 1 aromatic heterocycles. The van der Waals surface area contributed by atoms with Gasteiger partial charge in [0, 0.05) is 13.0 Å². The monoisotopic (exact) mass is 313 g/mol. The number of aromatic nitrogens is 1. The lowest BCUT2D eigenvalue weighted by Gasteiger charge is -2.05. The number of nitrogens with one attached hydrogen (secondary N) is 2. The Hall–Kier alpha value is -2.13. The second kappa shape index (κ2) is 5.47. The number of carbonyl (C=O) groups is 1. The number of aromatic hydroxyl groups is 1. The van der Waals surface area contributed by atoms with Crippen molar-refractivity contribution in [2.45, 2.75) is 11.1 Å². The Morgan fingerprint density at radius 1 is 1.40 bits per heavy atom. The van der Waals surface area contributed by atoms with Gasteiger partial charge >= 0.3 is 0 Å². The number of hydrogen-bond donors (Lipinski definition) is 3. The molecule has 0 aliphatic rings. The Bertz CT molecular complexity index is 740. The number of rotatable bonds is 4. The van der Waals surface area contributed by atoms with Crippen LogP contribution in [0, 0.1) is 0 Å². The maximum absolute atomic E-state index is 12.1. The molecule has 1 heterocycles. The zero-order valence-corrected chi connectivity index (χ0v) is 12.0. The average molecular weight is 313 g/mol. The van der Waals surface area contributed by atoms with E-state index in [1.807, 2.05) is 0 Å². The molecule has 0 unspecified atom stereocenters. The first-order chi connectivity index (χ1) is 9.37. The summed E-state index contributed by atoms with van der Waals surface area (Å²) in [6.07, 6.45) is 1.15. The predicted molar refractivity (Wildman–Crippen MR) is 75.3 cm³/mol. The highest BCUT2D eigenvalue weighted by molar-refractivity contribution is 7.94. The summed E-state index contributed by atoms with van der Waals surface area (Å²) in [7, 11) is -3.80. The maximum Gasteiger partial charge on any atom is 0.273 e. The van der Waals surface area contributed by atoms with Crippen LogP contribution in [0.5, 0.6) is 5.75 Å². The van der Waals surface area contributed by atoms with Gasteiger partial charge in [0.25, 0.3) is 10.0 Å². The van der Waals surface area contributed by atoms with Gasteiger partial charge in [0.1, 0.15) is 5.75 Å². The molecule has 0 aliphatic heterocycles. The van der Waals surface area contributed by atoms with Gasteiger partial charge in [-0.25, -0.2) is 13.4 Å². The van der Waals surface area contributed by atoms with Crippen molar-refractivity contribution in [1.82, 2.24) is 4.98 Å². The number of benzene rings is 1. The lowest BCUT2D eigenvalue weighted by atomic mass is 10.3. The highest BCUT2D eigenvalue weighted by Gasteiger charge is 2.18. The van der Waals surface area contributed by atoms with E-state index in [0.29, 0.717) is 0 Å². The molecule has 0 saturated heterocycles. The van der Waals surface area contributed by atoms with Crippen molar-refractivity contribution < 1.29 is 18.3 Å². The van der Waals surface area contributed by atoms with Crippen LogP contribution in [0.1, 0.15) is 6.92 Å². The molecule has 106 valence electrons. The Balaban J connectivity index is 2.22. The molecule has 3 N–H and O–H groups in total. The van der Waals surface area contributed by atoms with Gasteiger partial charge < -0.3 is 10.4 Å². The fraction of sp³-hybridized carbons (Fsp3) is 0.0909. The normalized spacial score (nSPS) is 11.1. The molecular formula is C11H11N3O4S2. The second-order valence-electron chi connectivity index (χ2n) is 3.82. The van der Waals surface area contributed by atoms with E-state index < -0.39 is 10.0 Å². The van der Waals surface area contributed by atoms with Gasteiger partial charge in [-0.15, -0.1) is 0 Å². The molecule has 9 heteroatoms. The maximum atomic E-state index is 12.1. The number of phenols is 1. The lowest BCUT2D eigenvalue weighted by molar-refractivity contribution is -0.114. The Morgan fingerprint density at radius 3 is 2.80 bits per heavy atom. The molecule has 0 atom stereocenters. The first-order valence-corrected chi connectivity index (χ1v) is 7.72. The molecule has 20 heavy (non-hydrogen) atoms. The zero-order chi connectivity index (χ0) is 14.8. The van der Waals surface area contributed by atoms with Crippen molar-refractivity contribution in [2.24, 2.45) is 0 Å². The van der Waals surface area contributed by atoms with E-state index in [4.69, 9.17) is 0 Å². The van der Waals surface area contributed by atoms with E-state index in [1.165, 1.54) is 31.2 Å². The van der Waals surface area contributed by atoms with Crippen LogP contribution in [0.4, 0.5) is 10.8 Å². The van der Waals surface area contributed by atoms with Gasteiger partial charge in [0.05, 0.1) is 11.9 Å². The van der Waals surface area contributed by atoms with Gasteiger partial charge in [0.2, 0.25) is 5.91 Å². The number of anilines is 2. The first-order valence-electron chi connectivity index (χ1n) is 5.42. The molecular weight excluding hydrogens is 302 g/mol. The Labute approximate surface area is 119 Å². The molecule has 0 radical (unpaired) electrons. The van der Waals surface area contributed by atoms with Crippen LogP contribution in [0.25, 0.3) is 0 Å². The van der Waals surface area contributed by atoms with E-state index in [-0.39, 0.29) is 26.7 Å². The summed E-state index contributed by atoms with van der Waals surface area (Å²) in [6, 6.07) is 5.74. The smallest absolute Gasteiger partial charge is 0.273 e. The van der Waals surface area contributed by atoms with Crippen LogP contribution in [-0.4, -0.2) is 24.4 Å². The van der Waals surface area contributed by atoms with E-state index in [2.05, 4.69) is 15.0 Å². The van der Waals surface area contributed by atoms with Crippen molar-refractivity contribution in [3.8, 4) is 5.75 Å². The van der Waals surface area contributed by atoms with Crippen LogP contribution in [-0.2, 0) is 14.8 Å². The number of thiazole rings is 1. The summed E-state index contributed by atoms with van der Waals surface area (Å²) in [4.78, 5) is 14.7. The summed E-state index contributed by atoms with van der Waals surface area (Å²) in [5.41, 5.74) is 0.236. The van der Waals surface area contributed by atoms with Gasteiger partial charge in [0.15, 0.2) is 9.34 Å². The number of carbonyl (C=O) groups excluding carboxylic acids is 1. The van der Waals surface area contributed by atoms with Crippen molar-refractivity contribution in [3.63, 3.8) is 0 Å². The highest BCUT2D eigenvalue weighted by Crippen LogP contribution is 2.25. The highest BCUT2D eigenvalue weighted by atomic mass is 32.2. The van der Waals surface area contributed by atoms with Crippen molar-refractivity contribution in [1.29, 1.82) is 0 Å². The molecule has 2 rings (SSSR count). The third-order valence-electron chi connectivity index (χ3n) is 2.13. The molecule has 0 aliphatic carbocycles. The number of nitrogens with zero attached hydrogens (tertiary/aromatic N) is 1. The largest absolute Gasteiger partial charge is 0.508 e. The van der Waals surface area contributed by atoms with Crippen LogP contribution >= 0.6 is 11.3 Å². The SMILES string of the molecule is CC(=O)Nc1ncc(S(=O)(=O)Nc2cccc(O)c2)s1. The van der Waals surface area contributed by atoms with Crippen LogP contribution < -0.4 is 10.0 Å². The topological polar surface area (TPSA) is 108 Å². The standard InChI is InChI=1S/C11H11N3O4S2/c1-7(15)13-11-12-6-10(19-11)20(17,18)14-8-3-2-4-9(16)5-8/h2-6,14,16H,1H3,(H,12,13,15). The van der Waals surface area contributed by atoms with Crippen LogP contribution in [0.15, 0.2) is 34.7 Å². The molecule has 7 nitrogen and oxygen atoms in total. The molecule has 0 bridgehead atoms. The fourth-order valence-corrected chi connectivity index (χ4v) is 3.49. The predicted octanol–water partition coefficient (Wildman–Crippen LogP) is 1.61. The molecule has 0 saturated carbocycles. The molecule has 2 aromatic rings. The minimum absolute atomic E-state index is 0.0374. The summed E-state index contributed by atoms with van der Waals surface area (Å²) in [5, 5.41) is 11.9. The number of phenolic OH excluding ortho intramolecular Hbond substituents is 1. The van der Waals surface area contributed by atoms with Crippen LogP contribution in [0.3, 0.4) is 0 Å². The minimum Gasteiger partial charge on any atom is -0.508 e. The Kier molecular flexibility index (Phi) is 3.91.